The summed E-state index contributed by atoms with van der Waals surface area (Å²) < 4.78 is 43.8. The van der Waals surface area contributed by atoms with Crippen LogP contribution in [-0.4, -0.2) is 34.1 Å². The summed E-state index contributed by atoms with van der Waals surface area (Å²) in [5.41, 5.74) is 0.273. The Bertz CT molecular complexity index is 886. The van der Waals surface area contributed by atoms with Gasteiger partial charge in [0.25, 0.3) is 0 Å². The molecule has 1 aliphatic heterocycles. The molecule has 2 heterocycles. The molecule has 3 rings (SSSR count). The number of amides is 1. The third-order valence-electron chi connectivity index (χ3n) is 4.57. The van der Waals surface area contributed by atoms with E-state index in [4.69, 9.17) is 16.3 Å². The van der Waals surface area contributed by atoms with E-state index in [1.807, 2.05) is 6.92 Å². The van der Waals surface area contributed by atoms with Crippen LogP contribution in [-0.2, 0) is 12.6 Å². The van der Waals surface area contributed by atoms with Gasteiger partial charge >= 0.3 is 12.3 Å². The predicted molar refractivity (Wildman–Crippen MR) is 103 cm³/mol. The van der Waals surface area contributed by atoms with Crippen molar-refractivity contribution >= 4 is 29.3 Å². The van der Waals surface area contributed by atoms with Crippen LogP contribution in [0, 0.1) is 0 Å². The van der Waals surface area contributed by atoms with Crippen LogP contribution < -0.4 is 10.1 Å². The number of piperidine rings is 1. The van der Waals surface area contributed by atoms with Crippen LogP contribution in [0.4, 0.5) is 29.6 Å². The molecule has 1 aromatic carbocycles. The first kappa shape index (κ1) is 21.2. The highest BCUT2D eigenvalue weighted by molar-refractivity contribution is 6.30. The number of aromatic nitrogens is 2. The van der Waals surface area contributed by atoms with Gasteiger partial charge in [0.15, 0.2) is 0 Å². The number of nitrogens with one attached hydrogen (secondary N) is 1. The molecule has 0 radical (unpaired) electrons. The number of benzene rings is 1. The standard InChI is InChI=1S/C19H20ClF3N4O2/c1-2-12-10-13(29-18(28)27-8-4-3-5-9-27)6-7-15(12)25-17-24-11-14(16(20)26-17)19(21,22)23/h6-7,10-11H,2-5,8-9H2,1H3,(H,24,25,26). The molecule has 10 heteroatoms. The number of alkyl halides is 3. The number of hydrogen-bond acceptors (Lipinski definition) is 5. The Kier molecular flexibility index (Phi) is 6.46. The number of anilines is 2. The van der Waals surface area contributed by atoms with Crippen LogP contribution in [0.5, 0.6) is 5.75 Å². The summed E-state index contributed by atoms with van der Waals surface area (Å²) >= 11 is 5.64. The Morgan fingerprint density at radius 3 is 2.62 bits per heavy atom. The van der Waals surface area contributed by atoms with Gasteiger partial charge in [-0.1, -0.05) is 18.5 Å². The third kappa shape index (κ3) is 5.29. The van der Waals surface area contributed by atoms with E-state index < -0.39 is 16.9 Å². The largest absolute Gasteiger partial charge is 0.420 e. The molecule has 29 heavy (non-hydrogen) atoms. The molecule has 0 saturated carbocycles. The fraction of sp³-hybridized carbons (Fsp3) is 0.421. The smallest absolute Gasteiger partial charge is 0.410 e. The van der Waals surface area contributed by atoms with Crippen molar-refractivity contribution in [1.82, 2.24) is 14.9 Å². The lowest BCUT2D eigenvalue weighted by molar-refractivity contribution is -0.137. The molecule has 1 fully saturated rings. The minimum absolute atomic E-state index is 0.0595. The number of likely N-dealkylation sites (tertiary alicyclic amines) is 1. The van der Waals surface area contributed by atoms with Crippen molar-refractivity contribution in [3.8, 4) is 5.75 Å². The molecule has 6 nitrogen and oxygen atoms in total. The van der Waals surface area contributed by atoms with Gasteiger partial charge < -0.3 is 15.0 Å². The maximum Gasteiger partial charge on any atom is 0.420 e. The number of halogens is 4. The normalized spacial score (nSPS) is 14.6. The minimum atomic E-state index is -4.62. The molecule has 0 atom stereocenters. The van der Waals surface area contributed by atoms with Crippen LogP contribution in [0.15, 0.2) is 24.4 Å². The zero-order valence-electron chi connectivity index (χ0n) is 15.7. The van der Waals surface area contributed by atoms with Gasteiger partial charge in [0, 0.05) is 25.0 Å². The minimum Gasteiger partial charge on any atom is -0.410 e. The lowest BCUT2D eigenvalue weighted by Crippen LogP contribution is -2.37. The quantitative estimate of drug-likeness (QED) is 0.657. The van der Waals surface area contributed by atoms with E-state index in [-0.39, 0.29) is 12.0 Å². The number of nitrogens with zero attached hydrogens (tertiary/aromatic N) is 3. The van der Waals surface area contributed by atoms with E-state index in [1.165, 1.54) is 0 Å². The van der Waals surface area contributed by atoms with Gasteiger partial charge in [-0.2, -0.15) is 13.2 Å². The average Bonchev–Trinajstić information content (AvgIpc) is 2.68. The topological polar surface area (TPSA) is 67.3 Å². The SMILES string of the molecule is CCc1cc(OC(=O)N2CCCCC2)ccc1Nc1ncc(C(F)(F)F)c(Cl)n1. The van der Waals surface area contributed by atoms with Gasteiger partial charge in [-0.05, 0) is 49.4 Å². The second-order valence-electron chi connectivity index (χ2n) is 6.61. The van der Waals surface area contributed by atoms with E-state index >= 15 is 0 Å². The number of carbonyl (C=O) groups excluding carboxylic acids is 1. The number of ether oxygens (including phenoxy) is 1. The van der Waals surface area contributed by atoms with Crippen LogP contribution in [0.2, 0.25) is 5.15 Å². The predicted octanol–water partition coefficient (Wildman–Crippen LogP) is 5.44. The Morgan fingerprint density at radius 1 is 1.28 bits per heavy atom. The molecule has 1 N–H and O–H groups in total. The molecule has 0 aliphatic carbocycles. The Balaban J connectivity index is 1.73. The molecular formula is C19H20ClF3N4O2. The van der Waals surface area contributed by atoms with Crippen molar-refractivity contribution < 1.29 is 22.7 Å². The Hall–Kier alpha value is -2.55. The molecular weight excluding hydrogens is 409 g/mol. The van der Waals surface area contributed by atoms with Crippen molar-refractivity contribution in [2.45, 2.75) is 38.8 Å². The van der Waals surface area contributed by atoms with Gasteiger partial charge in [0.2, 0.25) is 5.95 Å². The lowest BCUT2D eigenvalue weighted by Gasteiger charge is -2.25. The number of carbonyl (C=O) groups is 1. The second kappa shape index (κ2) is 8.86. The number of aryl methyl sites for hydroxylation is 1. The van der Waals surface area contributed by atoms with Crippen molar-refractivity contribution in [3.05, 3.63) is 40.7 Å². The maximum atomic E-state index is 12.8. The molecule has 0 unspecified atom stereocenters. The van der Waals surface area contributed by atoms with Crippen LogP contribution >= 0.6 is 11.6 Å². The van der Waals surface area contributed by atoms with Crippen molar-refractivity contribution in [2.24, 2.45) is 0 Å². The van der Waals surface area contributed by atoms with E-state index in [9.17, 15) is 18.0 Å². The third-order valence-corrected chi connectivity index (χ3v) is 4.86. The monoisotopic (exact) mass is 428 g/mol. The zero-order valence-corrected chi connectivity index (χ0v) is 16.5. The highest BCUT2D eigenvalue weighted by Crippen LogP contribution is 2.34. The van der Waals surface area contributed by atoms with E-state index in [0.29, 0.717) is 37.1 Å². The van der Waals surface area contributed by atoms with Crippen LogP contribution in [0.1, 0.15) is 37.3 Å². The molecule has 1 amide bonds. The number of rotatable bonds is 4. The van der Waals surface area contributed by atoms with Gasteiger partial charge in [0.1, 0.15) is 16.5 Å². The summed E-state index contributed by atoms with van der Waals surface area (Å²) in [6, 6.07) is 4.97. The second-order valence-corrected chi connectivity index (χ2v) is 6.97. The fourth-order valence-corrected chi connectivity index (χ4v) is 3.26. The fourth-order valence-electron chi connectivity index (χ4n) is 3.02. The van der Waals surface area contributed by atoms with Gasteiger partial charge in [-0.25, -0.2) is 14.8 Å². The first-order valence-corrected chi connectivity index (χ1v) is 9.62. The van der Waals surface area contributed by atoms with Crippen LogP contribution in [0.25, 0.3) is 0 Å². The Morgan fingerprint density at radius 2 is 2.00 bits per heavy atom. The van der Waals surface area contributed by atoms with E-state index in [1.54, 1.807) is 23.1 Å². The average molecular weight is 429 g/mol. The molecule has 156 valence electrons. The summed E-state index contributed by atoms with van der Waals surface area (Å²) in [5, 5.41) is 2.18. The molecule has 0 spiro atoms. The first-order valence-electron chi connectivity index (χ1n) is 9.24. The van der Waals surface area contributed by atoms with Crippen molar-refractivity contribution in [2.75, 3.05) is 18.4 Å². The van der Waals surface area contributed by atoms with E-state index in [2.05, 4.69) is 15.3 Å². The molecule has 2 aromatic rings. The highest BCUT2D eigenvalue weighted by atomic mass is 35.5. The summed E-state index contributed by atoms with van der Waals surface area (Å²) in [5.74, 6) is 0.338. The zero-order chi connectivity index (χ0) is 21.0. The van der Waals surface area contributed by atoms with Gasteiger partial charge in [0.05, 0.1) is 0 Å². The van der Waals surface area contributed by atoms with Gasteiger partial charge in [-0.3, -0.25) is 0 Å². The van der Waals surface area contributed by atoms with Crippen molar-refractivity contribution in [1.29, 1.82) is 0 Å². The molecule has 0 bridgehead atoms. The first-order chi connectivity index (χ1) is 13.8. The highest BCUT2D eigenvalue weighted by Gasteiger charge is 2.34. The summed E-state index contributed by atoms with van der Waals surface area (Å²) in [4.78, 5) is 21.3. The lowest BCUT2D eigenvalue weighted by atomic mass is 10.1. The maximum absolute atomic E-state index is 12.8. The van der Waals surface area contributed by atoms with E-state index in [0.717, 1.165) is 24.8 Å². The summed E-state index contributed by atoms with van der Waals surface area (Å²) in [7, 11) is 0. The summed E-state index contributed by atoms with van der Waals surface area (Å²) in [6.07, 6.45) is -0.735. The molecule has 1 aromatic heterocycles. The van der Waals surface area contributed by atoms with Crippen molar-refractivity contribution in [3.63, 3.8) is 0 Å². The molecule has 1 aliphatic rings. The number of hydrogen-bond donors (Lipinski definition) is 1. The Labute approximate surface area is 171 Å². The van der Waals surface area contributed by atoms with Crippen LogP contribution in [0.3, 0.4) is 0 Å². The summed E-state index contributed by atoms with van der Waals surface area (Å²) in [6.45, 7) is 3.27. The van der Waals surface area contributed by atoms with Gasteiger partial charge in [-0.15, -0.1) is 0 Å². The molecule has 1 saturated heterocycles.